The number of piperidine rings is 1. The fourth-order valence-electron chi connectivity index (χ4n) is 5.24. The van der Waals surface area contributed by atoms with Crippen molar-refractivity contribution >= 4 is 16.1 Å². The maximum Gasteiger partial charge on any atom is 0.280 e. The maximum atomic E-state index is 14.0. The zero-order valence-electron chi connectivity index (χ0n) is 18.2. The van der Waals surface area contributed by atoms with Gasteiger partial charge in [0.25, 0.3) is 10.2 Å². The number of morpholine rings is 1. The minimum absolute atomic E-state index is 0.0101. The fraction of sp³-hybridized carbons (Fsp3) is 0.667. The molecule has 3 aliphatic rings. The summed E-state index contributed by atoms with van der Waals surface area (Å²) in [4.78, 5) is 14.6. The Balaban J connectivity index is 1.34. The van der Waals surface area contributed by atoms with Gasteiger partial charge in [-0.15, -0.1) is 0 Å². The van der Waals surface area contributed by atoms with Gasteiger partial charge in [0.15, 0.2) is 11.6 Å². The van der Waals surface area contributed by atoms with Crippen molar-refractivity contribution in [1.29, 1.82) is 0 Å². The van der Waals surface area contributed by atoms with Gasteiger partial charge in [0.05, 0.1) is 19.8 Å². The summed E-state index contributed by atoms with van der Waals surface area (Å²) in [5, 5.41) is 0. The number of hydrogen-bond donors (Lipinski definition) is 2. The van der Waals surface area contributed by atoms with Gasteiger partial charge in [-0.25, -0.2) is 13.2 Å². The molecule has 33 heavy (non-hydrogen) atoms. The summed E-state index contributed by atoms with van der Waals surface area (Å²) < 4.78 is 74.4. The number of nitrogens with two attached hydrogens (primary N) is 1. The maximum absolute atomic E-state index is 14.0. The third kappa shape index (κ3) is 5.35. The molecule has 3 N–H and O–H groups in total. The molecular weight excluding hydrogens is 461 g/mol. The number of ether oxygens (including phenoxy) is 1. The van der Waals surface area contributed by atoms with E-state index in [4.69, 9.17) is 10.5 Å². The van der Waals surface area contributed by atoms with Crippen LogP contribution < -0.4 is 10.5 Å². The summed E-state index contributed by atoms with van der Waals surface area (Å²) in [5.74, 6) is -3.47. The highest BCUT2D eigenvalue weighted by atomic mass is 32.2. The first-order valence-electron chi connectivity index (χ1n) is 11.2. The molecule has 4 rings (SSSR count). The Labute approximate surface area is 191 Å². The van der Waals surface area contributed by atoms with Crippen LogP contribution in [0.5, 0.6) is 0 Å². The van der Waals surface area contributed by atoms with Crippen molar-refractivity contribution in [1.82, 2.24) is 13.9 Å². The van der Waals surface area contributed by atoms with Crippen molar-refractivity contribution in [3.8, 4) is 0 Å². The highest BCUT2D eigenvalue weighted by Gasteiger charge is 2.44. The molecule has 1 amide bonds. The lowest BCUT2D eigenvalue weighted by Crippen LogP contribution is -2.54. The van der Waals surface area contributed by atoms with E-state index in [-0.39, 0.29) is 55.5 Å². The predicted octanol–water partition coefficient (Wildman–Crippen LogP) is 0.910. The third-order valence-electron chi connectivity index (χ3n) is 6.92. The Kier molecular flexibility index (Phi) is 7.29. The lowest BCUT2D eigenvalue weighted by molar-refractivity contribution is -0.135. The molecule has 0 radical (unpaired) electrons. The molecule has 0 aliphatic carbocycles. The smallest absolute Gasteiger partial charge is 0.280 e. The van der Waals surface area contributed by atoms with E-state index in [1.165, 1.54) is 4.31 Å². The zero-order valence-corrected chi connectivity index (χ0v) is 19.0. The second-order valence-electron chi connectivity index (χ2n) is 8.98. The molecule has 4 atom stereocenters. The van der Waals surface area contributed by atoms with Crippen LogP contribution in [0.25, 0.3) is 0 Å². The summed E-state index contributed by atoms with van der Waals surface area (Å²) in [7, 11) is -3.76. The van der Waals surface area contributed by atoms with Crippen molar-refractivity contribution in [2.75, 3.05) is 32.8 Å². The lowest BCUT2D eigenvalue weighted by Gasteiger charge is -2.41. The molecule has 0 spiro atoms. The van der Waals surface area contributed by atoms with E-state index in [9.17, 15) is 26.4 Å². The molecule has 2 bridgehead atoms. The van der Waals surface area contributed by atoms with E-state index >= 15 is 0 Å². The van der Waals surface area contributed by atoms with Crippen LogP contribution in [0.15, 0.2) is 12.1 Å². The molecule has 8 nitrogen and oxygen atoms in total. The van der Waals surface area contributed by atoms with Gasteiger partial charge in [0, 0.05) is 37.3 Å². The second kappa shape index (κ2) is 9.87. The van der Waals surface area contributed by atoms with Crippen molar-refractivity contribution in [3.05, 3.63) is 35.1 Å². The quantitative estimate of drug-likeness (QED) is 0.553. The van der Waals surface area contributed by atoms with Gasteiger partial charge in [-0.05, 0) is 49.7 Å². The van der Waals surface area contributed by atoms with Gasteiger partial charge >= 0.3 is 0 Å². The zero-order chi connectivity index (χ0) is 23.8. The van der Waals surface area contributed by atoms with Crippen LogP contribution >= 0.6 is 0 Å². The van der Waals surface area contributed by atoms with Crippen LogP contribution in [0, 0.1) is 23.4 Å². The number of amides is 1. The average molecular weight is 491 g/mol. The summed E-state index contributed by atoms with van der Waals surface area (Å²) in [6.07, 6.45) is 2.85. The molecule has 1 aromatic carbocycles. The molecule has 12 heteroatoms. The lowest BCUT2D eigenvalue weighted by atomic mass is 9.82. The molecule has 0 saturated carbocycles. The molecule has 184 valence electrons. The number of fused-ring (bicyclic) bond motifs is 2. The molecule has 0 aromatic heterocycles. The molecular formula is C21H29F3N4O4S. The number of rotatable bonds is 7. The van der Waals surface area contributed by atoms with E-state index in [1.54, 1.807) is 4.90 Å². The van der Waals surface area contributed by atoms with Gasteiger partial charge in [0.2, 0.25) is 5.91 Å². The molecule has 3 aliphatic heterocycles. The highest BCUT2D eigenvalue weighted by molar-refractivity contribution is 7.87. The summed E-state index contributed by atoms with van der Waals surface area (Å²) in [5.41, 5.74) is 6.35. The minimum atomic E-state index is -3.76. The Hall–Kier alpha value is -1.73. The first-order valence-corrected chi connectivity index (χ1v) is 12.6. The molecule has 2 unspecified atom stereocenters. The first-order chi connectivity index (χ1) is 15.7. The number of halogens is 3. The van der Waals surface area contributed by atoms with Gasteiger partial charge < -0.3 is 15.4 Å². The van der Waals surface area contributed by atoms with Crippen molar-refractivity contribution < 1.29 is 31.1 Å². The summed E-state index contributed by atoms with van der Waals surface area (Å²) in [6, 6.07) is 0.758. The van der Waals surface area contributed by atoms with Gasteiger partial charge in [0.1, 0.15) is 5.82 Å². The Bertz CT molecular complexity index is 976. The third-order valence-corrected chi connectivity index (χ3v) is 8.48. The Morgan fingerprint density at radius 2 is 1.70 bits per heavy atom. The Morgan fingerprint density at radius 1 is 1.09 bits per heavy atom. The number of carbonyl (C=O) groups is 1. The van der Waals surface area contributed by atoms with E-state index < -0.39 is 33.7 Å². The van der Waals surface area contributed by atoms with Crippen molar-refractivity contribution in [2.45, 2.75) is 50.2 Å². The monoisotopic (exact) mass is 490 g/mol. The van der Waals surface area contributed by atoms with Crippen molar-refractivity contribution in [2.24, 2.45) is 11.7 Å². The normalized spacial score (nSPS) is 27.0. The van der Waals surface area contributed by atoms with Gasteiger partial charge in [-0.2, -0.15) is 17.4 Å². The van der Waals surface area contributed by atoms with Crippen LogP contribution in [-0.4, -0.2) is 74.5 Å². The van der Waals surface area contributed by atoms with E-state index in [1.807, 2.05) is 0 Å². The van der Waals surface area contributed by atoms with Crippen LogP contribution in [0.4, 0.5) is 13.2 Å². The van der Waals surface area contributed by atoms with E-state index in [0.717, 1.165) is 18.9 Å². The first kappa shape index (κ1) is 24.4. The van der Waals surface area contributed by atoms with Crippen LogP contribution in [0.1, 0.15) is 31.2 Å². The van der Waals surface area contributed by atoms with Crippen LogP contribution in [0.3, 0.4) is 0 Å². The van der Waals surface area contributed by atoms with E-state index in [0.29, 0.717) is 32.1 Å². The van der Waals surface area contributed by atoms with Crippen LogP contribution in [-0.2, 0) is 26.2 Å². The minimum Gasteiger partial charge on any atom is -0.379 e. The van der Waals surface area contributed by atoms with Gasteiger partial charge in [-0.3, -0.25) is 4.79 Å². The SMILES string of the molecule is NC(Cc1cc(F)c(F)cc1F)C1C[C@H]2CC[C@@H](C1)N2C(=O)CNS(=O)(=O)N1CCOCC1. The number of hydrogen-bond acceptors (Lipinski definition) is 5. The molecule has 3 fully saturated rings. The number of nitrogens with zero attached hydrogens (tertiary/aromatic N) is 2. The second-order valence-corrected chi connectivity index (χ2v) is 10.7. The number of nitrogens with one attached hydrogen (secondary N) is 1. The summed E-state index contributed by atoms with van der Waals surface area (Å²) >= 11 is 0. The molecule has 1 aromatic rings. The Morgan fingerprint density at radius 3 is 2.33 bits per heavy atom. The number of carbonyl (C=O) groups excluding carboxylic acids is 1. The predicted molar refractivity (Wildman–Crippen MR) is 114 cm³/mol. The standard InChI is InChI=1S/C21H29F3N4O4S/c22-17-11-19(24)18(23)9-13(17)10-20(25)14-7-15-1-2-16(8-14)28(15)21(29)12-26-33(30,31)27-3-5-32-6-4-27/h9,11,14-16,20,26H,1-8,10,12,25H2/t14?,15-,16+,20?. The average Bonchev–Trinajstić information content (AvgIpc) is 3.05. The van der Waals surface area contributed by atoms with Crippen LogP contribution in [0.2, 0.25) is 0 Å². The number of benzene rings is 1. The van der Waals surface area contributed by atoms with E-state index in [2.05, 4.69) is 4.72 Å². The fourth-order valence-corrected chi connectivity index (χ4v) is 6.36. The van der Waals surface area contributed by atoms with Crippen molar-refractivity contribution in [3.63, 3.8) is 0 Å². The largest absolute Gasteiger partial charge is 0.379 e. The highest BCUT2D eigenvalue weighted by Crippen LogP contribution is 2.40. The topological polar surface area (TPSA) is 105 Å². The summed E-state index contributed by atoms with van der Waals surface area (Å²) in [6.45, 7) is 0.819. The van der Waals surface area contributed by atoms with Gasteiger partial charge in [-0.1, -0.05) is 0 Å². The molecule has 3 saturated heterocycles. The molecule has 3 heterocycles.